The molecule has 10 aromatic rings. The van der Waals surface area contributed by atoms with Crippen LogP contribution in [0.15, 0.2) is 188 Å². The molecule has 0 aromatic heterocycles. The summed E-state index contributed by atoms with van der Waals surface area (Å²) in [6, 6.07) is 69.2. The Labute approximate surface area is 310 Å². The molecule has 0 saturated heterocycles. The van der Waals surface area contributed by atoms with Crippen molar-refractivity contribution in [2.45, 2.75) is 13.8 Å². The Hall–Kier alpha value is -6.70. The van der Waals surface area contributed by atoms with Crippen molar-refractivity contribution in [1.29, 1.82) is 0 Å². The molecule has 0 bridgehead atoms. The Bertz CT molecular complexity index is 2880. The molecule has 53 heavy (non-hydrogen) atoms. The van der Waals surface area contributed by atoms with Gasteiger partial charge in [-0.2, -0.15) is 0 Å². The van der Waals surface area contributed by atoms with E-state index in [4.69, 9.17) is 0 Å². The normalized spacial score (nSPS) is 11.6. The minimum absolute atomic E-state index is 1.12. The highest BCUT2D eigenvalue weighted by Crippen LogP contribution is 2.46. The molecule has 0 aliphatic heterocycles. The number of rotatable bonds is 5. The van der Waals surface area contributed by atoms with Gasteiger partial charge in [0.05, 0.1) is 11.4 Å². The Balaban J connectivity index is 1.19. The first-order valence-corrected chi connectivity index (χ1v) is 18.4. The van der Waals surface area contributed by atoms with Crippen LogP contribution in [0.2, 0.25) is 0 Å². The molecule has 0 saturated carbocycles. The predicted octanol–water partition coefficient (Wildman–Crippen LogP) is 14.9. The van der Waals surface area contributed by atoms with Crippen molar-refractivity contribution in [3.63, 3.8) is 0 Å². The minimum Gasteiger partial charge on any atom is -0.309 e. The molecule has 1 nitrogen and oxygen atoms in total. The third-order valence-electron chi connectivity index (χ3n) is 11.1. The molecule has 0 fully saturated rings. The van der Waals surface area contributed by atoms with E-state index in [1.165, 1.54) is 98.6 Å². The monoisotopic (exact) mass is 675 g/mol. The molecule has 0 unspecified atom stereocenters. The van der Waals surface area contributed by atoms with Crippen molar-refractivity contribution in [2.75, 3.05) is 4.90 Å². The van der Waals surface area contributed by atoms with Crippen LogP contribution >= 0.6 is 0 Å². The summed E-state index contributed by atoms with van der Waals surface area (Å²) in [5.74, 6) is 0. The van der Waals surface area contributed by atoms with E-state index in [9.17, 15) is 0 Å². The smallest absolute Gasteiger partial charge is 0.0540 e. The molecular formula is C52H37N. The summed E-state index contributed by atoms with van der Waals surface area (Å²) in [7, 11) is 0. The highest BCUT2D eigenvalue weighted by molar-refractivity contribution is 6.22. The van der Waals surface area contributed by atoms with Gasteiger partial charge in [0.25, 0.3) is 0 Å². The SMILES string of the molecule is Cc1ccc(N(c2ccc(-c3c4ccccc4c(-c4ccc5ccccc5c4)c4ccccc34)cc2)c2ccc(C)c3ccccc23)c2ccccc12. The van der Waals surface area contributed by atoms with E-state index >= 15 is 0 Å². The maximum Gasteiger partial charge on any atom is 0.0540 e. The van der Waals surface area contributed by atoms with E-state index in [1.807, 2.05) is 0 Å². The number of fused-ring (bicyclic) bond motifs is 5. The van der Waals surface area contributed by atoms with Crippen molar-refractivity contribution < 1.29 is 0 Å². The number of hydrogen-bond acceptors (Lipinski definition) is 1. The van der Waals surface area contributed by atoms with Crippen LogP contribution in [0, 0.1) is 13.8 Å². The van der Waals surface area contributed by atoms with Crippen molar-refractivity contribution in [3.8, 4) is 22.3 Å². The van der Waals surface area contributed by atoms with Gasteiger partial charge in [-0.1, -0.05) is 158 Å². The second-order valence-electron chi connectivity index (χ2n) is 14.2. The molecule has 10 aromatic carbocycles. The van der Waals surface area contributed by atoms with Gasteiger partial charge in [-0.3, -0.25) is 0 Å². The van der Waals surface area contributed by atoms with Crippen LogP contribution in [0.25, 0.3) is 76.1 Å². The minimum atomic E-state index is 1.12. The Morgan fingerprint density at radius 3 is 1.21 bits per heavy atom. The summed E-state index contributed by atoms with van der Waals surface area (Å²) in [6.45, 7) is 4.40. The molecule has 0 aliphatic carbocycles. The van der Waals surface area contributed by atoms with Gasteiger partial charge in [-0.25, -0.2) is 0 Å². The van der Waals surface area contributed by atoms with Crippen molar-refractivity contribution in [2.24, 2.45) is 0 Å². The van der Waals surface area contributed by atoms with Crippen LogP contribution in [-0.4, -0.2) is 0 Å². The molecule has 0 spiro atoms. The second kappa shape index (κ2) is 12.5. The van der Waals surface area contributed by atoms with Crippen LogP contribution in [0.1, 0.15) is 11.1 Å². The summed E-state index contributed by atoms with van der Waals surface area (Å²) in [4.78, 5) is 2.45. The summed E-state index contributed by atoms with van der Waals surface area (Å²) >= 11 is 0. The fraction of sp³-hybridized carbons (Fsp3) is 0.0385. The zero-order valence-corrected chi connectivity index (χ0v) is 29.8. The van der Waals surface area contributed by atoms with Gasteiger partial charge in [-0.15, -0.1) is 0 Å². The third kappa shape index (κ3) is 5.08. The van der Waals surface area contributed by atoms with E-state index in [2.05, 4.69) is 207 Å². The quantitative estimate of drug-likeness (QED) is 0.164. The van der Waals surface area contributed by atoms with E-state index in [0.717, 1.165) is 5.69 Å². The average molecular weight is 676 g/mol. The van der Waals surface area contributed by atoms with Gasteiger partial charge < -0.3 is 4.90 Å². The summed E-state index contributed by atoms with van der Waals surface area (Å²) < 4.78 is 0. The number of hydrogen-bond donors (Lipinski definition) is 0. The predicted molar refractivity (Wildman–Crippen MR) is 229 cm³/mol. The summed E-state index contributed by atoms with van der Waals surface area (Å²) in [6.07, 6.45) is 0. The first kappa shape index (κ1) is 31.1. The van der Waals surface area contributed by atoms with E-state index in [1.54, 1.807) is 0 Å². The van der Waals surface area contributed by atoms with Gasteiger partial charge in [0.1, 0.15) is 0 Å². The Morgan fingerprint density at radius 1 is 0.302 bits per heavy atom. The van der Waals surface area contributed by atoms with Crippen LogP contribution in [-0.2, 0) is 0 Å². The molecule has 0 amide bonds. The fourth-order valence-corrected chi connectivity index (χ4v) is 8.54. The van der Waals surface area contributed by atoms with E-state index in [-0.39, 0.29) is 0 Å². The second-order valence-corrected chi connectivity index (χ2v) is 14.2. The van der Waals surface area contributed by atoms with Gasteiger partial charge in [0.2, 0.25) is 0 Å². The molecular weight excluding hydrogens is 639 g/mol. The average Bonchev–Trinajstić information content (AvgIpc) is 3.22. The van der Waals surface area contributed by atoms with E-state index < -0.39 is 0 Å². The number of aryl methyl sites for hydroxylation is 2. The maximum absolute atomic E-state index is 2.45. The molecule has 0 atom stereocenters. The standard InChI is InChI=1S/C52H37N/c1-34-23-31-49(43-17-7-5-15-41(34)43)53(50-32-24-35(2)42-16-6-8-18-44(42)50)40-29-27-37(28-30-40)51-45-19-9-11-21-47(45)52(48-22-12-10-20-46(48)51)39-26-25-36-13-3-4-14-38(36)33-39/h3-33H,1-2H3. The van der Waals surface area contributed by atoms with Crippen molar-refractivity contribution in [3.05, 3.63) is 199 Å². The third-order valence-corrected chi connectivity index (χ3v) is 11.1. The Kier molecular flexibility index (Phi) is 7.33. The lowest BCUT2D eigenvalue weighted by molar-refractivity contribution is 1.30. The topological polar surface area (TPSA) is 3.24 Å². The maximum atomic E-state index is 2.45. The summed E-state index contributed by atoms with van der Waals surface area (Å²) in [5.41, 5.74) is 11.0. The van der Waals surface area contributed by atoms with Crippen molar-refractivity contribution in [1.82, 2.24) is 0 Å². The molecule has 0 heterocycles. The Morgan fingerprint density at radius 2 is 0.698 bits per heavy atom. The lowest BCUT2D eigenvalue weighted by atomic mass is 9.85. The molecule has 0 radical (unpaired) electrons. The zero-order valence-electron chi connectivity index (χ0n) is 29.8. The highest BCUT2D eigenvalue weighted by atomic mass is 15.1. The molecule has 0 N–H and O–H groups in total. The zero-order chi connectivity index (χ0) is 35.5. The first-order valence-electron chi connectivity index (χ1n) is 18.4. The lowest BCUT2D eigenvalue weighted by Crippen LogP contribution is -2.11. The van der Waals surface area contributed by atoms with Crippen LogP contribution in [0.4, 0.5) is 17.1 Å². The number of anilines is 3. The van der Waals surface area contributed by atoms with E-state index in [0.29, 0.717) is 0 Å². The van der Waals surface area contributed by atoms with Crippen LogP contribution in [0.5, 0.6) is 0 Å². The van der Waals surface area contributed by atoms with Crippen LogP contribution < -0.4 is 4.90 Å². The van der Waals surface area contributed by atoms with Crippen LogP contribution in [0.3, 0.4) is 0 Å². The number of benzene rings is 10. The lowest BCUT2D eigenvalue weighted by Gasteiger charge is -2.29. The molecule has 250 valence electrons. The van der Waals surface area contributed by atoms with Gasteiger partial charge in [-0.05, 0) is 121 Å². The first-order chi connectivity index (χ1) is 26.1. The van der Waals surface area contributed by atoms with Gasteiger partial charge in [0, 0.05) is 16.5 Å². The largest absolute Gasteiger partial charge is 0.309 e. The highest BCUT2D eigenvalue weighted by Gasteiger charge is 2.21. The molecule has 10 rings (SSSR count). The summed E-state index contributed by atoms with van der Waals surface area (Å²) in [5, 5.41) is 12.6. The van der Waals surface area contributed by atoms with Crippen molar-refractivity contribution >= 4 is 70.9 Å². The molecule has 1 heteroatoms. The fourth-order valence-electron chi connectivity index (χ4n) is 8.54. The molecule has 0 aliphatic rings. The van der Waals surface area contributed by atoms with Gasteiger partial charge in [0.15, 0.2) is 0 Å². The van der Waals surface area contributed by atoms with Gasteiger partial charge >= 0.3 is 0 Å². The number of nitrogens with zero attached hydrogens (tertiary/aromatic N) is 1.